The second kappa shape index (κ2) is 7.69. The minimum absolute atomic E-state index is 0.182. The van der Waals surface area contributed by atoms with Gasteiger partial charge in [-0.2, -0.15) is 10.4 Å². The van der Waals surface area contributed by atoms with Gasteiger partial charge in [0.2, 0.25) is 0 Å². The molecule has 0 unspecified atom stereocenters. The summed E-state index contributed by atoms with van der Waals surface area (Å²) in [5.74, 6) is 0.393. The molecule has 1 amide bonds. The lowest BCUT2D eigenvalue weighted by molar-refractivity contribution is -0.110. The fourth-order valence-corrected chi connectivity index (χ4v) is 3.48. The average molecular weight is 413 g/mol. The smallest absolute Gasteiger partial charge is 0.258 e. The van der Waals surface area contributed by atoms with Gasteiger partial charge in [0, 0.05) is 41.5 Å². The van der Waals surface area contributed by atoms with Crippen LogP contribution in [-0.4, -0.2) is 25.7 Å². The minimum Gasteiger partial charge on any atom is -0.342 e. The number of amides is 1. The molecule has 4 heterocycles. The summed E-state index contributed by atoms with van der Waals surface area (Å²) >= 11 is 0. The number of rotatable bonds is 5. The maximum absolute atomic E-state index is 12.8. The van der Waals surface area contributed by atoms with E-state index in [0.717, 1.165) is 28.1 Å². The zero-order valence-electron chi connectivity index (χ0n) is 17.9. The Hall–Kier alpha value is -3.99. The molecular weight excluding hydrogens is 390 g/mol. The lowest BCUT2D eigenvalue weighted by Crippen LogP contribution is -2.24. The molecule has 8 nitrogen and oxygen atoms in total. The van der Waals surface area contributed by atoms with E-state index in [1.165, 1.54) is 0 Å². The molecule has 1 aliphatic heterocycles. The third kappa shape index (κ3) is 3.66. The molecular formula is C23H23N7O. The molecule has 4 rings (SSSR count). The normalized spacial score (nSPS) is 14.6. The van der Waals surface area contributed by atoms with E-state index in [-0.39, 0.29) is 5.91 Å². The van der Waals surface area contributed by atoms with Gasteiger partial charge in [-0.25, -0.2) is 0 Å². The predicted octanol–water partition coefficient (Wildman–Crippen LogP) is 4.09. The van der Waals surface area contributed by atoms with E-state index in [2.05, 4.69) is 31.8 Å². The van der Waals surface area contributed by atoms with E-state index in [4.69, 9.17) is 0 Å². The standard InChI is InChI=1S/C23H23N7O/c1-5-17(27-20-7-9-30(29-20)23(3,4)13-24)21-15-10-18(16-11-25-8-6-14(16)2)26-12-19(15)28-22(21)31/h6-12H,5H2,1-4H3,(H,27,29)(H,28,31)/b21-17-. The molecule has 31 heavy (non-hydrogen) atoms. The van der Waals surface area contributed by atoms with E-state index >= 15 is 0 Å². The van der Waals surface area contributed by atoms with E-state index in [1.807, 2.05) is 26.0 Å². The van der Waals surface area contributed by atoms with Crippen molar-refractivity contribution in [3.05, 3.63) is 59.8 Å². The van der Waals surface area contributed by atoms with Crippen LogP contribution in [0.4, 0.5) is 11.5 Å². The van der Waals surface area contributed by atoms with Crippen LogP contribution in [0, 0.1) is 18.3 Å². The zero-order chi connectivity index (χ0) is 22.2. The molecule has 0 aromatic carbocycles. The third-order valence-electron chi connectivity index (χ3n) is 5.33. The number of nitrogens with zero attached hydrogens (tertiary/aromatic N) is 5. The van der Waals surface area contributed by atoms with Crippen LogP contribution >= 0.6 is 0 Å². The number of carbonyl (C=O) groups is 1. The molecule has 8 heteroatoms. The van der Waals surface area contributed by atoms with Crippen molar-refractivity contribution in [1.82, 2.24) is 19.7 Å². The Morgan fingerprint density at radius 1 is 1.29 bits per heavy atom. The van der Waals surface area contributed by atoms with Gasteiger partial charge in [-0.15, -0.1) is 0 Å². The second-order valence-electron chi connectivity index (χ2n) is 7.91. The Kier molecular flexibility index (Phi) is 5.03. The van der Waals surface area contributed by atoms with Crippen LogP contribution in [0.2, 0.25) is 0 Å². The monoisotopic (exact) mass is 413 g/mol. The number of hydrogen-bond donors (Lipinski definition) is 2. The number of nitriles is 1. The van der Waals surface area contributed by atoms with Gasteiger partial charge in [-0.05, 0) is 44.9 Å². The van der Waals surface area contributed by atoms with Gasteiger partial charge < -0.3 is 10.6 Å². The molecule has 0 fully saturated rings. The number of aromatic nitrogens is 4. The molecule has 1 aliphatic rings. The summed E-state index contributed by atoms with van der Waals surface area (Å²) in [5.41, 5.74) is 4.76. The van der Waals surface area contributed by atoms with Crippen molar-refractivity contribution in [3.63, 3.8) is 0 Å². The SMILES string of the molecule is CC/C(Nc1ccn(C(C)(C)C#N)n1)=C1/C(=O)Nc2cnc(-c3cnccc3C)cc21. The van der Waals surface area contributed by atoms with E-state index < -0.39 is 5.54 Å². The topological polar surface area (TPSA) is 109 Å². The molecule has 0 aliphatic carbocycles. The maximum atomic E-state index is 12.8. The van der Waals surface area contributed by atoms with Gasteiger partial charge in [-0.1, -0.05) is 6.92 Å². The molecule has 3 aromatic heterocycles. The molecule has 0 saturated carbocycles. The number of anilines is 2. The van der Waals surface area contributed by atoms with E-state index in [9.17, 15) is 10.1 Å². The maximum Gasteiger partial charge on any atom is 0.258 e. The first-order valence-corrected chi connectivity index (χ1v) is 10.0. The molecule has 0 bridgehead atoms. The fourth-order valence-electron chi connectivity index (χ4n) is 3.48. The highest BCUT2D eigenvalue weighted by molar-refractivity contribution is 6.32. The number of carbonyl (C=O) groups excluding carboxylic acids is 1. The first kappa shape index (κ1) is 20.3. The van der Waals surface area contributed by atoms with Crippen molar-refractivity contribution >= 4 is 23.0 Å². The van der Waals surface area contributed by atoms with Crippen molar-refractivity contribution in [1.29, 1.82) is 5.26 Å². The Morgan fingerprint density at radius 3 is 2.81 bits per heavy atom. The molecule has 3 aromatic rings. The predicted molar refractivity (Wildman–Crippen MR) is 119 cm³/mol. The molecule has 0 radical (unpaired) electrons. The molecule has 2 N–H and O–H groups in total. The lowest BCUT2D eigenvalue weighted by atomic mass is 10.0. The summed E-state index contributed by atoms with van der Waals surface area (Å²) in [5, 5.41) is 20.0. The Morgan fingerprint density at radius 2 is 2.10 bits per heavy atom. The van der Waals surface area contributed by atoms with Gasteiger partial charge in [0.1, 0.15) is 5.54 Å². The minimum atomic E-state index is -0.765. The highest BCUT2D eigenvalue weighted by Crippen LogP contribution is 2.37. The number of allylic oxidation sites excluding steroid dienone is 1. The van der Waals surface area contributed by atoms with Gasteiger partial charge in [0.25, 0.3) is 5.91 Å². The van der Waals surface area contributed by atoms with Crippen molar-refractivity contribution in [2.75, 3.05) is 10.6 Å². The van der Waals surface area contributed by atoms with Gasteiger partial charge >= 0.3 is 0 Å². The largest absolute Gasteiger partial charge is 0.342 e. The van der Waals surface area contributed by atoms with Crippen LogP contribution in [0.3, 0.4) is 0 Å². The third-order valence-corrected chi connectivity index (χ3v) is 5.33. The van der Waals surface area contributed by atoms with Crippen molar-refractivity contribution < 1.29 is 4.79 Å². The van der Waals surface area contributed by atoms with Crippen LogP contribution < -0.4 is 10.6 Å². The van der Waals surface area contributed by atoms with E-state index in [0.29, 0.717) is 23.5 Å². The summed E-state index contributed by atoms with van der Waals surface area (Å²) in [6.07, 6.45) is 7.55. The highest BCUT2D eigenvalue weighted by Gasteiger charge is 2.29. The van der Waals surface area contributed by atoms with Gasteiger partial charge in [-0.3, -0.25) is 19.4 Å². The first-order chi connectivity index (χ1) is 14.8. The molecule has 0 spiro atoms. The molecule has 156 valence electrons. The zero-order valence-corrected chi connectivity index (χ0v) is 17.9. The Labute approximate surface area is 180 Å². The average Bonchev–Trinajstić information content (AvgIpc) is 3.36. The number of pyridine rings is 2. The van der Waals surface area contributed by atoms with Crippen molar-refractivity contribution in [2.24, 2.45) is 0 Å². The lowest BCUT2D eigenvalue weighted by Gasteiger charge is -2.16. The van der Waals surface area contributed by atoms with Gasteiger partial charge in [0.05, 0.1) is 29.2 Å². The van der Waals surface area contributed by atoms with E-state index in [1.54, 1.807) is 49.4 Å². The number of aryl methyl sites for hydroxylation is 1. The Balaban J connectivity index is 1.75. The number of fused-ring (bicyclic) bond motifs is 1. The van der Waals surface area contributed by atoms with Gasteiger partial charge in [0.15, 0.2) is 5.82 Å². The second-order valence-corrected chi connectivity index (χ2v) is 7.91. The number of hydrogen-bond acceptors (Lipinski definition) is 6. The van der Waals surface area contributed by atoms with Crippen LogP contribution in [0.5, 0.6) is 0 Å². The van der Waals surface area contributed by atoms with Crippen molar-refractivity contribution in [3.8, 4) is 17.3 Å². The van der Waals surface area contributed by atoms with Crippen molar-refractivity contribution in [2.45, 2.75) is 39.7 Å². The number of nitrogens with one attached hydrogen (secondary N) is 2. The quantitative estimate of drug-likeness (QED) is 0.610. The fraction of sp³-hybridized carbons (Fsp3) is 0.261. The molecule has 0 saturated heterocycles. The summed E-state index contributed by atoms with van der Waals surface area (Å²) in [6, 6.07) is 7.87. The summed E-state index contributed by atoms with van der Waals surface area (Å²) in [4.78, 5) is 21.5. The summed E-state index contributed by atoms with van der Waals surface area (Å²) in [7, 11) is 0. The first-order valence-electron chi connectivity index (χ1n) is 10.0. The Bertz CT molecular complexity index is 1250. The van der Waals surface area contributed by atoms with Crippen LogP contribution in [0.1, 0.15) is 38.3 Å². The molecule has 0 atom stereocenters. The van der Waals surface area contributed by atoms with Crippen LogP contribution in [0.25, 0.3) is 16.8 Å². The summed E-state index contributed by atoms with van der Waals surface area (Å²) in [6.45, 7) is 7.56. The van der Waals surface area contributed by atoms with Crippen LogP contribution in [0.15, 0.2) is 48.7 Å². The highest BCUT2D eigenvalue weighted by atomic mass is 16.2. The van der Waals surface area contributed by atoms with Crippen LogP contribution in [-0.2, 0) is 10.3 Å². The summed E-state index contributed by atoms with van der Waals surface area (Å²) < 4.78 is 1.60.